The first kappa shape index (κ1) is 14.9. The zero-order valence-corrected chi connectivity index (χ0v) is 12.4. The van der Waals surface area contributed by atoms with Crippen molar-refractivity contribution in [3.05, 3.63) is 34.9 Å². The second-order valence-electron chi connectivity index (χ2n) is 5.09. The first-order valence-corrected chi connectivity index (χ1v) is 7.05. The Bertz CT molecular complexity index is 514. The Morgan fingerprint density at radius 1 is 1.40 bits per heavy atom. The molecule has 2 rings (SSSR count). The Balaban J connectivity index is 2.15. The van der Waals surface area contributed by atoms with E-state index < -0.39 is 0 Å². The minimum atomic E-state index is -0.341. The number of amides is 1. The van der Waals surface area contributed by atoms with E-state index >= 15 is 0 Å². The summed E-state index contributed by atoms with van der Waals surface area (Å²) in [6.07, 6.45) is 1.95. The third-order valence-electron chi connectivity index (χ3n) is 3.43. The van der Waals surface area contributed by atoms with Gasteiger partial charge in [0, 0.05) is 12.6 Å². The fourth-order valence-electron chi connectivity index (χ4n) is 2.14. The number of hydrogen-bond donors (Lipinski definition) is 0. The molecule has 1 unspecified atom stereocenters. The summed E-state index contributed by atoms with van der Waals surface area (Å²) in [6, 6.07) is 7.20. The summed E-state index contributed by atoms with van der Waals surface area (Å²) < 4.78 is 4.72. The predicted octanol–water partition coefficient (Wildman–Crippen LogP) is 2.75. The lowest BCUT2D eigenvalue weighted by Crippen LogP contribution is -2.39. The molecule has 108 valence electrons. The minimum Gasteiger partial charge on any atom is -0.469 e. The number of esters is 1. The zero-order valence-electron chi connectivity index (χ0n) is 11.6. The van der Waals surface area contributed by atoms with Crippen LogP contribution in [0.2, 0.25) is 5.02 Å². The maximum atomic E-state index is 12.6. The molecular formula is C15H18ClNO3. The molecule has 0 N–H and O–H groups in total. The molecule has 1 fully saturated rings. The quantitative estimate of drug-likeness (QED) is 0.785. The molecule has 0 spiro atoms. The van der Waals surface area contributed by atoms with Gasteiger partial charge in [-0.3, -0.25) is 9.59 Å². The molecule has 1 aromatic rings. The van der Waals surface area contributed by atoms with Crippen LogP contribution in [-0.4, -0.2) is 36.5 Å². The summed E-state index contributed by atoms with van der Waals surface area (Å²) in [5, 5.41) is 0.439. The summed E-state index contributed by atoms with van der Waals surface area (Å²) in [5.41, 5.74) is 0.484. The van der Waals surface area contributed by atoms with Crippen LogP contribution in [-0.2, 0) is 9.53 Å². The van der Waals surface area contributed by atoms with E-state index in [1.165, 1.54) is 7.11 Å². The van der Waals surface area contributed by atoms with Gasteiger partial charge in [0.1, 0.15) is 0 Å². The van der Waals surface area contributed by atoms with Crippen molar-refractivity contribution in [3.63, 3.8) is 0 Å². The number of carbonyl (C=O) groups excluding carboxylic acids is 2. The van der Waals surface area contributed by atoms with Gasteiger partial charge in [0.15, 0.2) is 0 Å². The molecule has 0 aromatic heterocycles. The van der Waals surface area contributed by atoms with E-state index in [2.05, 4.69) is 0 Å². The lowest BCUT2D eigenvalue weighted by molar-refractivity contribution is -0.145. The van der Waals surface area contributed by atoms with E-state index in [0.29, 0.717) is 17.1 Å². The van der Waals surface area contributed by atoms with Gasteiger partial charge in [-0.15, -0.1) is 0 Å². The topological polar surface area (TPSA) is 46.6 Å². The minimum absolute atomic E-state index is 0.117. The molecule has 5 heteroatoms. The second kappa shape index (κ2) is 6.27. The number of rotatable bonds is 5. The van der Waals surface area contributed by atoms with Crippen molar-refractivity contribution in [1.29, 1.82) is 0 Å². The van der Waals surface area contributed by atoms with Crippen molar-refractivity contribution in [1.82, 2.24) is 4.90 Å². The summed E-state index contributed by atoms with van der Waals surface area (Å²) >= 11 is 6.08. The highest BCUT2D eigenvalue weighted by Crippen LogP contribution is 2.30. The number of benzene rings is 1. The smallest absolute Gasteiger partial charge is 0.310 e. The molecule has 0 aliphatic heterocycles. The van der Waals surface area contributed by atoms with Crippen LogP contribution in [0.25, 0.3) is 0 Å². The van der Waals surface area contributed by atoms with E-state index in [1.54, 1.807) is 36.1 Å². The summed E-state index contributed by atoms with van der Waals surface area (Å²) in [7, 11) is 1.36. The molecule has 1 aliphatic rings. The summed E-state index contributed by atoms with van der Waals surface area (Å²) in [5.74, 6) is -0.761. The van der Waals surface area contributed by atoms with Crippen LogP contribution in [0.5, 0.6) is 0 Å². The fraction of sp³-hybridized carbons (Fsp3) is 0.467. The van der Waals surface area contributed by atoms with Crippen molar-refractivity contribution < 1.29 is 14.3 Å². The summed E-state index contributed by atoms with van der Waals surface area (Å²) in [6.45, 7) is 2.13. The first-order chi connectivity index (χ1) is 9.54. The normalized spacial score (nSPS) is 15.6. The van der Waals surface area contributed by atoms with E-state index in [-0.39, 0.29) is 23.8 Å². The van der Waals surface area contributed by atoms with Crippen LogP contribution in [0.4, 0.5) is 0 Å². The van der Waals surface area contributed by atoms with Crippen LogP contribution in [0.3, 0.4) is 0 Å². The third kappa shape index (κ3) is 3.31. The van der Waals surface area contributed by atoms with Gasteiger partial charge in [-0.05, 0) is 25.0 Å². The molecule has 0 radical (unpaired) electrons. The highest BCUT2D eigenvalue weighted by Gasteiger charge is 2.35. The monoisotopic (exact) mass is 295 g/mol. The maximum Gasteiger partial charge on any atom is 0.310 e. The molecule has 0 bridgehead atoms. The predicted molar refractivity (Wildman–Crippen MR) is 76.7 cm³/mol. The Labute approximate surface area is 123 Å². The Morgan fingerprint density at radius 2 is 2.05 bits per heavy atom. The van der Waals surface area contributed by atoms with E-state index in [0.717, 1.165) is 12.8 Å². The first-order valence-electron chi connectivity index (χ1n) is 6.68. The van der Waals surface area contributed by atoms with Crippen molar-refractivity contribution >= 4 is 23.5 Å². The van der Waals surface area contributed by atoms with Crippen LogP contribution in [0, 0.1) is 5.92 Å². The van der Waals surface area contributed by atoms with Crippen molar-refractivity contribution in [2.75, 3.05) is 13.7 Å². The molecule has 4 nitrogen and oxygen atoms in total. The largest absolute Gasteiger partial charge is 0.469 e. The van der Waals surface area contributed by atoms with Crippen LogP contribution >= 0.6 is 11.6 Å². The lowest BCUT2D eigenvalue weighted by atomic mass is 10.1. The average Bonchev–Trinajstić information content (AvgIpc) is 3.28. The van der Waals surface area contributed by atoms with Gasteiger partial charge in [0.25, 0.3) is 5.91 Å². The van der Waals surface area contributed by atoms with Gasteiger partial charge in [-0.2, -0.15) is 0 Å². The van der Waals surface area contributed by atoms with Gasteiger partial charge in [0.05, 0.1) is 23.6 Å². The number of nitrogens with zero attached hydrogens (tertiary/aromatic N) is 1. The third-order valence-corrected chi connectivity index (χ3v) is 3.76. The van der Waals surface area contributed by atoms with E-state index in [4.69, 9.17) is 16.3 Å². The van der Waals surface area contributed by atoms with Gasteiger partial charge in [-0.1, -0.05) is 30.7 Å². The zero-order chi connectivity index (χ0) is 14.7. The van der Waals surface area contributed by atoms with Crippen molar-refractivity contribution in [2.45, 2.75) is 25.8 Å². The molecule has 0 saturated heterocycles. The molecule has 1 aromatic carbocycles. The molecule has 20 heavy (non-hydrogen) atoms. The standard InChI is InChI=1S/C15H18ClNO3/c1-10(15(19)20-2)9-17(11-7-8-11)14(18)12-5-3-4-6-13(12)16/h3-6,10-11H,7-9H2,1-2H3. The number of hydrogen-bond acceptors (Lipinski definition) is 3. The Hall–Kier alpha value is -1.55. The number of carbonyl (C=O) groups is 2. The highest BCUT2D eigenvalue weighted by atomic mass is 35.5. The van der Waals surface area contributed by atoms with Crippen molar-refractivity contribution in [2.24, 2.45) is 5.92 Å². The SMILES string of the molecule is COC(=O)C(C)CN(C(=O)c1ccccc1Cl)C1CC1. The lowest BCUT2D eigenvalue weighted by Gasteiger charge is -2.25. The molecule has 1 amide bonds. The molecule has 1 saturated carbocycles. The van der Waals surface area contributed by atoms with Gasteiger partial charge in [0.2, 0.25) is 0 Å². The fourth-order valence-corrected chi connectivity index (χ4v) is 2.36. The van der Waals surface area contributed by atoms with Crippen molar-refractivity contribution in [3.8, 4) is 0 Å². The van der Waals surface area contributed by atoms with E-state index in [9.17, 15) is 9.59 Å². The Kier molecular flexibility index (Phi) is 4.65. The molecule has 0 heterocycles. The number of halogens is 1. The summed E-state index contributed by atoms with van der Waals surface area (Å²) in [4.78, 5) is 25.9. The average molecular weight is 296 g/mol. The van der Waals surface area contributed by atoms with E-state index in [1.807, 2.05) is 0 Å². The van der Waals surface area contributed by atoms with Gasteiger partial charge >= 0.3 is 5.97 Å². The number of methoxy groups -OCH3 is 1. The number of ether oxygens (including phenoxy) is 1. The Morgan fingerprint density at radius 3 is 2.60 bits per heavy atom. The highest BCUT2D eigenvalue weighted by molar-refractivity contribution is 6.33. The molecule has 1 atom stereocenters. The molecular weight excluding hydrogens is 278 g/mol. The van der Waals surface area contributed by atoms with Gasteiger partial charge in [-0.25, -0.2) is 0 Å². The molecule has 1 aliphatic carbocycles. The van der Waals surface area contributed by atoms with Crippen LogP contribution in [0.1, 0.15) is 30.1 Å². The van der Waals surface area contributed by atoms with Crippen LogP contribution in [0.15, 0.2) is 24.3 Å². The van der Waals surface area contributed by atoms with Gasteiger partial charge < -0.3 is 9.64 Å². The van der Waals surface area contributed by atoms with Crippen LogP contribution < -0.4 is 0 Å². The second-order valence-corrected chi connectivity index (χ2v) is 5.50. The maximum absolute atomic E-state index is 12.6.